The van der Waals surface area contributed by atoms with Gasteiger partial charge in [0.1, 0.15) is 0 Å². The van der Waals surface area contributed by atoms with Gasteiger partial charge in [-0.1, -0.05) is 33.1 Å². The van der Waals surface area contributed by atoms with Gasteiger partial charge in [0.2, 0.25) is 0 Å². The highest BCUT2D eigenvalue weighted by atomic mass is 16.5. The maximum absolute atomic E-state index is 10.9. The molecule has 1 N–H and O–H groups in total. The largest absolute Gasteiger partial charge is 0.481 e. The summed E-state index contributed by atoms with van der Waals surface area (Å²) >= 11 is 0. The van der Waals surface area contributed by atoms with E-state index in [1.807, 2.05) is 13.8 Å². The Labute approximate surface area is 90.8 Å². The molecule has 2 atom stereocenters. The van der Waals surface area contributed by atoms with Crippen molar-refractivity contribution in [2.24, 2.45) is 11.3 Å². The number of aliphatic carboxylic acids is 1. The number of hydrogen-bond donors (Lipinski definition) is 1. The molecule has 0 aromatic heterocycles. The van der Waals surface area contributed by atoms with Crippen LogP contribution < -0.4 is 0 Å². The maximum atomic E-state index is 10.9. The molecule has 0 bridgehead atoms. The molecule has 2 saturated carbocycles. The van der Waals surface area contributed by atoms with Crippen molar-refractivity contribution in [2.75, 3.05) is 0 Å². The summed E-state index contributed by atoms with van der Waals surface area (Å²) in [7, 11) is 0. The molecule has 0 heterocycles. The lowest BCUT2D eigenvalue weighted by Gasteiger charge is -2.22. The fourth-order valence-electron chi connectivity index (χ4n) is 2.70. The molecular formula is C12H20O3. The quantitative estimate of drug-likeness (QED) is 0.781. The van der Waals surface area contributed by atoms with Gasteiger partial charge >= 0.3 is 5.97 Å². The van der Waals surface area contributed by atoms with Crippen molar-refractivity contribution in [3.05, 3.63) is 0 Å². The standard InChI is InChI=1S/C12H20O3/c1-12(2)9(11(13)14)10(12)15-8-6-4-3-5-7-8/h8-10H,3-7H2,1-2H3,(H,13,14). The normalized spacial score (nSPS) is 35.1. The van der Waals surface area contributed by atoms with E-state index >= 15 is 0 Å². The lowest BCUT2D eigenvalue weighted by Crippen LogP contribution is -2.20. The molecular weight excluding hydrogens is 192 g/mol. The molecule has 2 rings (SSSR count). The summed E-state index contributed by atoms with van der Waals surface area (Å²) < 4.78 is 5.91. The highest BCUT2D eigenvalue weighted by Gasteiger charge is 2.64. The van der Waals surface area contributed by atoms with Crippen molar-refractivity contribution < 1.29 is 14.6 Å². The third-order valence-electron chi connectivity index (χ3n) is 3.89. The summed E-state index contributed by atoms with van der Waals surface area (Å²) in [5, 5.41) is 9.01. The van der Waals surface area contributed by atoms with Crippen molar-refractivity contribution in [2.45, 2.75) is 58.2 Å². The van der Waals surface area contributed by atoms with Crippen LogP contribution in [0.3, 0.4) is 0 Å². The van der Waals surface area contributed by atoms with Gasteiger partial charge in [0.25, 0.3) is 0 Å². The summed E-state index contributed by atoms with van der Waals surface area (Å²) in [5.41, 5.74) is -0.163. The molecule has 0 saturated heterocycles. The van der Waals surface area contributed by atoms with E-state index in [-0.39, 0.29) is 17.4 Å². The Hall–Kier alpha value is -0.570. The molecule has 0 aliphatic heterocycles. The number of ether oxygens (including phenoxy) is 1. The van der Waals surface area contributed by atoms with Crippen LogP contribution in [0.4, 0.5) is 0 Å². The summed E-state index contributed by atoms with van der Waals surface area (Å²) in [6, 6.07) is 0. The number of carbonyl (C=O) groups is 1. The Bertz CT molecular complexity index is 254. The minimum atomic E-state index is -0.708. The van der Waals surface area contributed by atoms with Crippen molar-refractivity contribution >= 4 is 5.97 Å². The molecule has 3 nitrogen and oxygen atoms in total. The van der Waals surface area contributed by atoms with Gasteiger partial charge in [0.05, 0.1) is 18.1 Å². The Kier molecular flexibility index (Phi) is 2.75. The van der Waals surface area contributed by atoms with Gasteiger partial charge in [0, 0.05) is 5.41 Å². The molecule has 2 aliphatic rings. The molecule has 86 valence electrons. The highest BCUT2D eigenvalue weighted by molar-refractivity contribution is 5.76. The molecule has 3 heteroatoms. The first kappa shape index (κ1) is 10.9. The predicted molar refractivity (Wildman–Crippen MR) is 56.7 cm³/mol. The second kappa shape index (κ2) is 3.78. The maximum Gasteiger partial charge on any atom is 0.309 e. The van der Waals surface area contributed by atoms with E-state index in [2.05, 4.69) is 0 Å². The topological polar surface area (TPSA) is 46.5 Å². The van der Waals surface area contributed by atoms with E-state index in [9.17, 15) is 4.79 Å². The number of hydrogen-bond acceptors (Lipinski definition) is 2. The van der Waals surface area contributed by atoms with Crippen LogP contribution in [-0.4, -0.2) is 23.3 Å². The zero-order valence-corrected chi connectivity index (χ0v) is 9.53. The summed E-state index contributed by atoms with van der Waals surface area (Å²) in [5.74, 6) is -1.000. The number of rotatable bonds is 3. The first-order valence-electron chi connectivity index (χ1n) is 5.91. The summed E-state index contributed by atoms with van der Waals surface area (Å²) in [6.45, 7) is 3.97. The van der Waals surface area contributed by atoms with E-state index in [0.29, 0.717) is 6.10 Å². The van der Waals surface area contributed by atoms with E-state index in [1.54, 1.807) is 0 Å². The van der Waals surface area contributed by atoms with Gasteiger partial charge in [-0.3, -0.25) is 4.79 Å². The Morgan fingerprint density at radius 2 is 1.87 bits per heavy atom. The third kappa shape index (κ3) is 2.03. The number of carboxylic acid groups (broad SMARTS) is 1. The van der Waals surface area contributed by atoms with Crippen LogP contribution in [-0.2, 0) is 9.53 Å². The molecule has 0 radical (unpaired) electrons. The second-order valence-corrected chi connectivity index (χ2v) is 5.45. The van der Waals surface area contributed by atoms with Crippen molar-refractivity contribution in [1.82, 2.24) is 0 Å². The molecule has 0 aromatic rings. The van der Waals surface area contributed by atoms with Crippen molar-refractivity contribution in [3.8, 4) is 0 Å². The second-order valence-electron chi connectivity index (χ2n) is 5.45. The SMILES string of the molecule is CC1(C)C(OC2CCCCC2)C1C(=O)O. The minimum Gasteiger partial charge on any atom is -0.481 e. The van der Waals surface area contributed by atoms with Gasteiger partial charge in [0.15, 0.2) is 0 Å². The van der Waals surface area contributed by atoms with Gasteiger partial charge in [-0.25, -0.2) is 0 Å². The molecule has 2 fully saturated rings. The first-order chi connectivity index (χ1) is 7.03. The van der Waals surface area contributed by atoms with Crippen LogP contribution in [0.25, 0.3) is 0 Å². The van der Waals surface area contributed by atoms with Gasteiger partial charge in [-0.05, 0) is 12.8 Å². The van der Waals surface area contributed by atoms with E-state index in [4.69, 9.17) is 9.84 Å². The van der Waals surface area contributed by atoms with Crippen LogP contribution in [0.5, 0.6) is 0 Å². The van der Waals surface area contributed by atoms with Gasteiger partial charge < -0.3 is 9.84 Å². The van der Waals surface area contributed by atoms with Crippen molar-refractivity contribution in [3.63, 3.8) is 0 Å². The zero-order chi connectivity index (χ0) is 11.1. The van der Waals surface area contributed by atoms with Crippen LogP contribution >= 0.6 is 0 Å². The van der Waals surface area contributed by atoms with Crippen LogP contribution in [0.1, 0.15) is 46.0 Å². The Balaban J connectivity index is 1.88. The Morgan fingerprint density at radius 3 is 2.33 bits per heavy atom. The average molecular weight is 212 g/mol. The van der Waals surface area contributed by atoms with Crippen LogP contribution in [0.15, 0.2) is 0 Å². The fourth-order valence-corrected chi connectivity index (χ4v) is 2.70. The third-order valence-corrected chi connectivity index (χ3v) is 3.89. The summed E-state index contributed by atoms with van der Waals surface area (Å²) in [4.78, 5) is 10.9. The number of carboxylic acids is 1. The Morgan fingerprint density at radius 1 is 1.27 bits per heavy atom. The molecule has 0 spiro atoms. The summed E-state index contributed by atoms with van der Waals surface area (Å²) in [6.07, 6.45) is 6.24. The van der Waals surface area contributed by atoms with E-state index < -0.39 is 5.97 Å². The smallest absolute Gasteiger partial charge is 0.309 e. The predicted octanol–water partition coefficient (Wildman–Crippen LogP) is 2.44. The van der Waals surface area contributed by atoms with Crippen molar-refractivity contribution in [1.29, 1.82) is 0 Å². The lowest BCUT2D eigenvalue weighted by molar-refractivity contribution is -0.140. The lowest BCUT2D eigenvalue weighted by atomic mass is 9.98. The van der Waals surface area contributed by atoms with Crippen LogP contribution in [0.2, 0.25) is 0 Å². The van der Waals surface area contributed by atoms with E-state index in [0.717, 1.165) is 12.8 Å². The molecule has 2 aliphatic carbocycles. The molecule has 2 unspecified atom stereocenters. The fraction of sp³-hybridized carbons (Fsp3) is 0.917. The van der Waals surface area contributed by atoms with Crippen LogP contribution in [0, 0.1) is 11.3 Å². The zero-order valence-electron chi connectivity index (χ0n) is 9.53. The minimum absolute atomic E-state index is 0.0573. The molecule has 0 amide bonds. The molecule has 0 aromatic carbocycles. The highest BCUT2D eigenvalue weighted by Crippen LogP contribution is 2.55. The van der Waals surface area contributed by atoms with Gasteiger partial charge in [-0.2, -0.15) is 0 Å². The van der Waals surface area contributed by atoms with Gasteiger partial charge in [-0.15, -0.1) is 0 Å². The molecule has 15 heavy (non-hydrogen) atoms. The average Bonchev–Trinajstić information content (AvgIpc) is 2.70. The van der Waals surface area contributed by atoms with E-state index in [1.165, 1.54) is 19.3 Å². The first-order valence-corrected chi connectivity index (χ1v) is 5.91. The monoisotopic (exact) mass is 212 g/mol.